The van der Waals surface area contributed by atoms with Gasteiger partial charge in [0.05, 0.1) is 5.69 Å². The van der Waals surface area contributed by atoms with Gasteiger partial charge in [-0.1, -0.05) is 48.5 Å². The minimum Gasteiger partial charge on any atom is -0.435 e. The van der Waals surface area contributed by atoms with Crippen molar-refractivity contribution in [2.75, 3.05) is 4.72 Å². The summed E-state index contributed by atoms with van der Waals surface area (Å²) in [4.78, 5) is 4.16. The number of hydrogen-bond donors (Lipinski definition) is 1. The van der Waals surface area contributed by atoms with Gasteiger partial charge in [-0.05, 0) is 24.3 Å². The number of anilines is 1. The van der Waals surface area contributed by atoms with E-state index in [1.165, 1.54) is 0 Å². The third-order valence-electron chi connectivity index (χ3n) is 4.08. The van der Waals surface area contributed by atoms with E-state index in [1.807, 2.05) is 0 Å². The summed E-state index contributed by atoms with van der Waals surface area (Å²) in [6.07, 6.45) is 0. The topological polar surface area (TPSA) is 72.2 Å². The zero-order chi connectivity index (χ0) is 20.4. The van der Waals surface area contributed by atoms with Crippen LogP contribution in [0.2, 0.25) is 0 Å². The highest BCUT2D eigenvalue weighted by Crippen LogP contribution is 2.33. The molecule has 0 atom stereocenters. The van der Waals surface area contributed by atoms with Crippen molar-refractivity contribution in [3.63, 3.8) is 0 Å². The molecule has 0 saturated heterocycles. The zero-order valence-corrected chi connectivity index (χ0v) is 15.7. The molecule has 1 N–H and O–H groups in total. The third kappa shape index (κ3) is 3.88. The maximum absolute atomic E-state index is 14.0. The number of halogens is 2. The van der Waals surface area contributed by atoms with Crippen LogP contribution in [0.15, 0.2) is 88.3 Å². The average molecular weight is 412 g/mol. The average Bonchev–Trinajstić information content (AvgIpc) is 3.18. The molecule has 0 saturated carbocycles. The molecule has 4 aromatic rings. The van der Waals surface area contributed by atoms with Gasteiger partial charge in [0.2, 0.25) is 10.9 Å². The quantitative estimate of drug-likeness (QED) is 0.496. The summed E-state index contributed by atoms with van der Waals surface area (Å²) in [6.45, 7) is 0. The fourth-order valence-corrected chi connectivity index (χ4v) is 3.89. The Balaban J connectivity index is 1.83. The van der Waals surface area contributed by atoms with Gasteiger partial charge in [-0.3, -0.25) is 4.72 Å². The second-order valence-electron chi connectivity index (χ2n) is 6.12. The van der Waals surface area contributed by atoms with Gasteiger partial charge in [-0.15, -0.1) is 0 Å². The molecule has 0 aliphatic heterocycles. The second-order valence-corrected chi connectivity index (χ2v) is 7.71. The Labute approximate surface area is 165 Å². The van der Waals surface area contributed by atoms with Gasteiger partial charge in [0.25, 0.3) is 10.0 Å². The molecule has 0 unspecified atom stereocenters. The first-order valence-corrected chi connectivity index (χ1v) is 10.0. The SMILES string of the molecule is O=S(=O)(Nc1ccc(F)cc1F)c1nc(-c2ccccc2)oc1-c1ccccc1. The van der Waals surface area contributed by atoms with Crippen LogP contribution in [0.3, 0.4) is 0 Å². The van der Waals surface area contributed by atoms with Gasteiger partial charge in [-0.2, -0.15) is 13.4 Å². The number of hydrogen-bond acceptors (Lipinski definition) is 4. The molecule has 0 bridgehead atoms. The molecule has 146 valence electrons. The second kappa shape index (κ2) is 7.48. The standard InChI is InChI=1S/C21H14F2N2O3S/c22-16-11-12-18(17(23)13-16)25-29(26,27)21-19(14-7-3-1-4-8-14)28-20(24-21)15-9-5-2-6-10-15/h1-13,25H. The Morgan fingerprint density at radius 2 is 1.45 bits per heavy atom. The van der Waals surface area contributed by atoms with Crippen LogP contribution < -0.4 is 4.72 Å². The Morgan fingerprint density at radius 3 is 2.07 bits per heavy atom. The van der Waals surface area contributed by atoms with E-state index in [4.69, 9.17) is 4.42 Å². The maximum atomic E-state index is 14.0. The maximum Gasteiger partial charge on any atom is 0.283 e. The Hall–Kier alpha value is -3.52. The van der Waals surface area contributed by atoms with E-state index in [2.05, 4.69) is 9.71 Å². The van der Waals surface area contributed by atoms with Crippen molar-refractivity contribution in [3.8, 4) is 22.8 Å². The third-order valence-corrected chi connectivity index (χ3v) is 5.36. The first-order chi connectivity index (χ1) is 13.9. The lowest BCUT2D eigenvalue weighted by atomic mass is 10.2. The highest BCUT2D eigenvalue weighted by Gasteiger charge is 2.28. The summed E-state index contributed by atoms with van der Waals surface area (Å²) in [5, 5.41) is -0.397. The van der Waals surface area contributed by atoms with Crippen LogP contribution >= 0.6 is 0 Å². The molecule has 0 aliphatic carbocycles. The molecule has 0 fully saturated rings. The predicted molar refractivity (Wildman–Crippen MR) is 105 cm³/mol. The number of sulfonamides is 1. The first kappa shape index (κ1) is 18.8. The van der Waals surface area contributed by atoms with Crippen molar-refractivity contribution in [3.05, 3.63) is 90.5 Å². The largest absolute Gasteiger partial charge is 0.435 e. The minimum atomic E-state index is -4.33. The van der Waals surface area contributed by atoms with Crippen LogP contribution in [0.1, 0.15) is 0 Å². The molecule has 4 rings (SSSR count). The first-order valence-electron chi connectivity index (χ1n) is 8.53. The number of benzene rings is 3. The summed E-state index contributed by atoms with van der Waals surface area (Å²) >= 11 is 0. The van der Waals surface area contributed by atoms with Crippen LogP contribution in [-0.2, 0) is 10.0 Å². The Bertz CT molecular complexity index is 1260. The van der Waals surface area contributed by atoms with Crippen molar-refractivity contribution in [1.82, 2.24) is 4.98 Å². The molecule has 5 nitrogen and oxygen atoms in total. The summed E-state index contributed by atoms with van der Waals surface area (Å²) in [5.74, 6) is -1.74. The van der Waals surface area contributed by atoms with Crippen molar-refractivity contribution in [2.45, 2.75) is 5.03 Å². The van der Waals surface area contributed by atoms with E-state index < -0.39 is 32.4 Å². The van der Waals surface area contributed by atoms with Gasteiger partial charge in [0.15, 0.2) is 5.76 Å². The smallest absolute Gasteiger partial charge is 0.283 e. The van der Waals surface area contributed by atoms with Crippen LogP contribution in [0.5, 0.6) is 0 Å². The fourth-order valence-electron chi connectivity index (χ4n) is 2.73. The van der Waals surface area contributed by atoms with Gasteiger partial charge in [0, 0.05) is 17.2 Å². The van der Waals surface area contributed by atoms with Gasteiger partial charge >= 0.3 is 0 Å². The van der Waals surface area contributed by atoms with E-state index in [0.717, 1.165) is 12.1 Å². The number of rotatable bonds is 5. The normalized spacial score (nSPS) is 11.4. The highest BCUT2D eigenvalue weighted by atomic mass is 32.2. The number of aromatic nitrogens is 1. The van der Waals surface area contributed by atoms with Gasteiger partial charge in [0.1, 0.15) is 11.6 Å². The lowest BCUT2D eigenvalue weighted by molar-refractivity contribution is 0.578. The van der Waals surface area contributed by atoms with E-state index in [9.17, 15) is 17.2 Å². The molecule has 29 heavy (non-hydrogen) atoms. The van der Waals surface area contributed by atoms with Crippen LogP contribution in [0.25, 0.3) is 22.8 Å². The molecule has 3 aromatic carbocycles. The molecule has 8 heteroatoms. The van der Waals surface area contributed by atoms with E-state index in [1.54, 1.807) is 60.7 Å². The van der Waals surface area contributed by atoms with E-state index >= 15 is 0 Å². The van der Waals surface area contributed by atoms with Crippen molar-refractivity contribution in [1.29, 1.82) is 0 Å². The highest BCUT2D eigenvalue weighted by molar-refractivity contribution is 7.92. The van der Waals surface area contributed by atoms with Crippen molar-refractivity contribution >= 4 is 15.7 Å². The van der Waals surface area contributed by atoms with Crippen LogP contribution in [-0.4, -0.2) is 13.4 Å². The number of nitrogens with one attached hydrogen (secondary N) is 1. The molecule has 0 aliphatic rings. The number of oxazole rings is 1. The van der Waals surface area contributed by atoms with Crippen molar-refractivity contribution < 1.29 is 21.6 Å². The summed E-state index contributed by atoms with van der Waals surface area (Å²) in [7, 11) is -4.33. The van der Waals surface area contributed by atoms with E-state index in [0.29, 0.717) is 17.2 Å². The predicted octanol–water partition coefficient (Wildman–Crippen LogP) is 5.09. The zero-order valence-electron chi connectivity index (χ0n) is 14.8. The van der Waals surface area contributed by atoms with Crippen molar-refractivity contribution in [2.24, 2.45) is 0 Å². The van der Waals surface area contributed by atoms with Gasteiger partial charge < -0.3 is 4.42 Å². The van der Waals surface area contributed by atoms with Crippen LogP contribution in [0.4, 0.5) is 14.5 Å². The fraction of sp³-hybridized carbons (Fsp3) is 0. The van der Waals surface area contributed by atoms with E-state index in [-0.39, 0.29) is 11.7 Å². The summed E-state index contributed by atoms with van der Waals surface area (Å²) in [6, 6.07) is 19.9. The molecule has 1 aromatic heterocycles. The molecule has 1 heterocycles. The Morgan fingerprint density at radius 1 is 0.828 bits per heavy atom. The van der Waals surface area contributed by atoms with Gasteiger partial charge in [-0.25, -0.2) is 8.78 Å². The summed E-state index contributed by atoms with van der Waals surface area (Å²) < 4.78 is 61.0. The molecular formula is C21H14F2N2O3S. The monoisotopic (exact) mass is 412 g/mol. The molecule has 0 spiro atoms. The molecular weight excluding hydrogens is 398 g/mol. The summed E-state index contributed by atoms with van der Waals surface area (Å²) in [5.41, 5.74) is 0.677. The molecule has 0 radical (unpaired) electrons. The molecule has 0 amide bonds. The lowest BCUT2D eigenvalue weighted by Crippen LogP contribution is -2.15. The minimum absolute atomic E-state index is 0.0134. The lowest BCUT2D eigenvalue weighted by Gasteiger charge is -2.08. The Kier molecular flexibility index (Phi) is 4.85. The number of nitrogens with zero attached hydrogens (tertiary/aromatic N) is 1. The van der Waals surface area contributed by atoms with Crippen LogP contribution in [0, 0.1) is 11.6 Å².